The van der Waals surface area contributed by atoms with Crippen LogP contribution in [0.25, 0.3) is 0 Å². The largest absolute Gasteiger partial charge is 0.286 e. The number of hydrogen-bond donors (Lipinski definition) is 0. The fourth-order valence-corrected chi connectivity index (χ4v) is 8.87. The Morgan fingerprint density at radius 3 is 2.52 bits per heavy atom. The SMILES string of the molecule is CC(CCC(=O)N=O)C1CCC2C3CC[C@@H]4CCCC[C@]4(C)C3CC[C@]12C. The smallest absolute Gasteiger partial charge is 0.269 e. The summed E-state index contributed by atoms with van der Waals surface area (Å²) in [5.41, 5.74) is 1.07. The third-order valence-corrected chi connectivity index (χ3v) is 10.3. The Labute approximate surface area is 165 Å². The quantitative estimate of drug-likeness (QED) is 0.512. The summed E-state index contributed by atoms with van der Waals surface area (Å²) >= 11 is 0. The molecule has 5 unspecified atom stereocenters. The van der Waals surface area contributed by atoms with Gasteiger partial charge in [0.15, 0.2) is 0 Å². The van der Waals surface area contributed by atoms with Gasteiger partial charge in [-0.25, -0.2) is 0 Å². The van der Waals surface area contributed by atoms with Crippen molar-refractivity contribution in [2.24, 2.45) is 51.5 Å². The zero-order valence-electron chi connectivity index (χ0n) is 17.7. The molecule has 0 aliphatic heterocycles. The summed E-state index contributed by atoms with van der Waals surface area (Å²) in [6, 6.07) is 0. The lowest BCUT2D eigenvalue weighted by molar-refractivity contribution is -0.119. The third kappa shape index (κ3) is 3.12. The lowest BCUT2D eigenvalue weighted by atomic mass is 9.44. The van der Waals surface area contributed by atoms with Crippen LogP contribution in [0, 0.1) is 51.2 Å². The molecule has 3 heteroatoms. The van der Waals surface area contributed by atoms with Gasteiger partial charge in [0.05, 0.1) is 0 Å². The van der Waals surface area contributed by atoms with Crippen LogP contribution in [0.5, 0.6) is 0 Å². The highest BCUT2D eigenvalue weighted by molar-refractivity contribution is 5.76. The minimum atomic E-state index is -0.464. The van der Waals surface area contributed by atoms with E-state index >= 15 is 0 Å². The van der Waals surface area contributed by atoms with Gasteiger partial charge in [0.2, 0.25) is 0 Å². The topological polar surface area (TPSA) is 46.5 Å². The first-order valence-corrected chi connectivity index (χ1v) is 11.8. The van der Waals surface area contributed by atoms with Crippen LogP contribution >= 0.6 is 0 Å². The maximum absolute atomic E-state index is 11.4. The lowest BCUT2D eigenvalue weighted by Gasteiger charge is -2.61. The highest BCUT2D eigenvalue weighted by atomic mass is 16.3. The number of carbonyl (C=O) groups excluding carboxylic acids is 1. The van der Waals surface area contributed by atoms with Crippen molar-refractivity contribution in [1.29, 1.82) is 0 Å². The van der Waals surface area contributed by atoms with Crippen LogP contribution in [0.1, 0.15) is 97.8 Å². The maximum Gasteiger partial charge on any atom is 0.286 e. The second-order valence-corrected chi connectivity index (χ2v) is 11.1. The van der Waals surface area contributed by atoms with Crippen LogP contribution in [0.15, 0.2) is 5.18 Å². The van der Waals surface area contributed by atoms with E-state index in [-0.39, 0.29) is 0 Å². The van der Waals surface area contributed by atoms with Gasteiger partial charge in [-0.05, 0) is 104 Å². The lowest BCUT2D eigenvalue weighted by Crippen LogP contribution is -2.53. The normalized spacial score (nSPS) is 47.4. The first kappa shape index (κ1) is 19.6. The number of fused-ring (bicyclic) bond motifs is 5. The predicted molar refractivity (Wildman–Crippen MR) is 109 cm³/mol. The van der Waals surface area contributed by atoms with E-state index in [0.717, 1.165) is 36.0 Å². The summed E-state index contributed by atoms with van der Waals surface area (Å²) in [7, 11) is 0. The Balaban J connectivity index is 1.49. The fourth-order valence-electron chi connectivity index (χ4n) is 8.87. The molecule has 0 aromatic rings. The van der Waals surface area contributed by atoms with Crippen molar-refractivity contribution in [3.8, 4) is 0 Å². The first-order chi connectivity index (χ1) is 12.9. The molecule has 4 aliphatic rings. The number of amides is 1. The molecule has 3 nitrogen and oxygen atoms in total. The summed E-state index contributed by atoms with van der Waals surface area (Å²) in [5, 5.41) is 2.60. The van der Waals surface area contributed by atoms with E-state index in [1.165, 1.54) is 64.2 Å². The van der Waals surface area contributed by atoms with Crippen LogP contribution < -0.4 is 0 Å². The van der Waals surface area contributed by atoms with Crippen LogP contribution in [-0.2, 0) is 4.79 Å². The molecule has 0 saturated heterocycles. The molecule has 4 aliphatic carbocycles. The van der Waals surface area contributed by atoms with Gasteiger partial charge in [-0.2, -0.15) is 0 Å². The highest BCUT2D eigenvalue weighted by Crippen LogP contribution is 2.68. The molecule has 0 N–H and O–H groups in total. The molecule has 0 aromatic carbocycles. The molecule has 8 atom stereocenters. The van der Waals surface area contributed by atoms with Gasteiger partial charge >= 0.3 is 0 Å². The number of carbonyl (C=O) groups is 1. The van der Waals surface area contributed by atoms with Crippen LogP contribution in [0.2, 0.25) is 0 Å². The Kier molecular flexibility index (Phi) is 5.27. The molecule has 152 valence electrons. The van der Waals surface area contributed by atoms with E-state index < -0.39 is 5.91 Å². The van der Waals surface area contributed by atoms with E-state index in [9.17, 15) is 9.70 Å². The average Bonchev–Trinajstić information content (AvgIpc) is 3.02. The highest BCUT2D eigenvalue weighted by Gasteiger charge is 2.60. The van der Waals surface area contributed by atoms with E-state index in [2.05, 4.69) is 25.9 Å². The van der Waals surface area contributed by atoms with Crippen molar-refractivity contribution < 1.29 is 4.79 Å². The second kappa shape index (κ2) is 7.26. The van der Waals surface area contributed by atoms with Crippen molar-refractivity contribution in [2.75, 3.05) is 0 Å². The van der Waals surface area contributed by atoms with Gasteiger partial charge in [-0.3, -0.25) is 4.79 Å². The van der Waals surface area contributed by atoms with Crippen molar-refractivity contribution >= 4 is 5.91 Å². The number of nitrogens with zero attached hydrogens (tertiary/aromatic N) is 1. The van der Waals surface area contributed by atoms with Crippen molar-refractivity contribution in [1.82, 2.24) is 0 Å². The molecule has 4 fully saturated rings. The van der Waals surface area contributed by atoms with Gasteiger partial charge in [0.25, 0.3) is 5.91 Å². The first-order valence-electron chi connectivity index (χ1n) is 11.8. The second-order valence-electron chi connectivity index (χ2n) is 11.1. The predicted octanol–water partition coefficient (Wildman–Crippen LogP) is 6.74. The molecule has 0 spiro atoms. The van der Waals surface area contributed by atoms with Gasteiger partial charge in [0, 0.05) is 11.6 Å². The Hall–Kier alpha value is -0.730. The minimum Gasteiger partial charge on any atom is -0.269 e. The summed E-state index contributed by atoms with van der Waals surface area (Å²) in [6.45, 7) is 7.56. The average molecular weight is 374 g/mol. The molecule has 0 aromatic heterocycles. The van der Waals surface area contributed by atoms with Crippen molar-refractivity contribution in [3.63, 3.8) is 0 Å². The molecular weight excluding hydrogens is 334 g/mol. The molecule has 1 amide bonds. The molecule has 27 heavy (non-hydrogen) atoms. The van der Waals surface area contributed by atoms with E-state index in [0.29, 0.717) is 23.2 Å². The Bertz CT molecular complexity index is 589. The molecular formula is C24H39NO2. The summed E-state index contributed by atoms with van der Waals surface area (Å²) in [6.07, 6.45) is 15.6. The zero-order chi connectivity index (χ0) is 19.2. The van der Waals surface area contributed by atoms with E-state index in [1.807, 2.05) is 0 Å². The summed E-state index contributed by atoms with van der Waals surface area (Å²) < 4.78 is 0. The van der Waals surface area contributed by atoms with Gasteiger partial charge < -0.3 is 0 Å². The Morgan fingerprint density at radius 2 is 1.74 bits per heavy atom. The molecule has 4 rings (SSSR count). The number of hydrogen-bond acceptors (Lipinski definition) is 2. The van der Waals surface area contributed by atoms with Gasteiger partial charge in [-0.1, -0.05) is 33.6 Å². The molecule has 4 saturated carbocycles. The van der Waals surface area contributed by atoms with E-state index in [1.54, 1.807) is 0 Å². The maximum atomic E-state index is 11.4. The van der Waals surface area contributed by atoms with Crippen molar-refractivity contribution in [3.05, 3.63) is 4.91 Å². The van der Waals surface area contributed by atoms with Crippen LogP contribution in [0.3, 0.4) is 0 Å². The van der Waals surface area contributed by atoms with Crippen molar-refractivity contribution in [2.45, 2.75) is 97.8 Å². The number of nitroso groups, excluding NO2 is 1. The summed E-state index contributed by atoms with van der Waals surface area (Å²) in [5.74, 6) is 4.58. The summed E-state index contributed by atoms with van der Waals surface area (Å²) in [4.78, 5) is 21.8. The zero-order valence-corrected chi connectivity index (χ0v) is 17.7. The number of rotatable bonds is 4. The Morgan fingerprint density at radius 1 is 0.963 bits per heavy atom. The van der Waals surface area contributed by atoms with Gasteiger partial charge in [-0.15, -0.1) is 4.91 Å². The fraction of sp³-hybridized carbons (Fsp3) is 0.958. The molecule has 0 heterocycles. The molecule has 0 bridgehead atoms. The third-order valence-electron chi connectivity index (χ3n) is 10.3. The van der Waals surface area contributed by atoms with Gasteiger partial charge in [0.1, 0.15) is 0 Å². The minimum absolute atomic E-state index is 0.341. The van der Waals surface area contributed by atoms with Crippen LogP contribution in [0.4, 0.5) is 0 Å². The van der Waals surface area contributed by atoms with Crippen LogP contribution in [-0.4, -0.2) is 5.91 Å². The standard InChI is InChI=1S/C24H39NO2/c1-16(7-12-22(26)25-27)19-10-11-20-18-9-8-17-6-4-5-14-23(17,2)21(18)13-15-24(19,20)3/h16-21H,4-15H2,1-3H3/t16?,17-,18?,19?,20?,21?,23-,24+/m0/s1. The molecule has 0 radical (unpaired) electrons. The van der Waals surface area contributed by atoms with E-state index in [4.69, 9.17) is 0 Å². The monoisotopic (exact) mass is 373 g/mol.